The molecule has 41 heavy (non-hydrogen) atoms. The lowest BCUT2D eigenvalue weighted by Crippen LogP contribution is -2.33. The summed E-state index contributed by atoms with van der Waals surface area (Å²) in [5.74, 6) is -2.25. The summed E-state index contributed by atoms with van der Waals surface area (Å²) < 4.78 is 15.9. The molecular formula is C30H31N3O7S. The molecule has 2 amide bonds. The number of amides is 2. The average molecular weight is 578 g/mol. The first-order valence-electron chi connectivity index (χ1n) is 13.2. The van der Waals surface area contributed by atoms with Gasteiger partial charge in [0.2, 0.25) is 0 Å². The lowest BCUT2D eigenvalue weighted by atomic mass is 10.1. The van der Waals surface area contributed by atoms with Crippen molar-refractivity contribution in [3.8, 4) is 11.5 Å². The van der Waals surface area contributed by atoms with Crippen molar-refractivity contribution >= 4 is 45.8 Å². The number of esters is 2. The number of hydrazone groups is 1. The molecule has 0 radical (unpaired) electrons. The number of benzene rings is 2. The van der Waals surface area contributed by atoms with Crippen molar-refractivity contribution in [3.63, 3.8) is 0 Å². The highest BCUT2D eigenvalue weighted by Gasteiger charge is 2.28. The van der Waals surface area contributed by atoms with E-state index in [0.29, 0.717) is 39.6 Å². The van der Waals surface area contributed by atoms with Gasteiger partial charge < -0.3 is 19.5 Å². The van der Waals surface area contributed by atoms with Crippen molar-refractivity contribution in [2.24, 2.45) is 5.10 Å². The van der Waals surface area contributed by atoms with Crippen LogP contribution in [0.2, 0.25) is 0 Å². The molecule has 0 unspecified atom stereocenters. The van der Waals surface area contributed by atoms with Crippen LogP contribution < -0.4 is 20.2 Å². The minimum absolute atomic E-state index is 0.197. The second kappa shape index (κ2) is 13.7. The summed E-state index contributed by atoms with van der Waals surface area (Å²) in [5, 5.41) is 6.92. The maximum absolute atomic E-state index is 12.8. The molecule has 1 aromatic heterocycles. The van der Waals surface area contributed by atoms with Crippen LogP contribution in [0.25, 0.3) is 0 Å². The number of fused-ring (bicyclic) bond motifs is 1. The maximum atomic E-state index is 12.8. The molecule has 0 atom stereocenters. The Balaban J connectivity index is 1.46. The van der Waals surface area contributed by atoms with Crippen LogP contribution >= 0.6 is 11.3 Å². The zero-order valence-corrected chi connectivity index (χ0v) is 23.9. The van der Waals surface area contributed by atoms with E-state index in [1.54, 1.807) is 62.4 Å². The molecular weight excluding hydrogens is 546 g/mol. The van der Waals surface area contributed by atoms with Crippen molar-refractivity contribution in [2.75, 3.05) is 19.0 Å². The van der Waals surface area contributed by atoms with E-state index in [4.69, 9.17) is 14.2 Å². The Morgan fingerprint density at radius 2 is 1.66 bits per heavy atom. The summed E-state index contributed by atoms with van der Waals surface area (Å²) >= 11 is 1.30. The Labute approximate surface area is 241 Å². The van der Waals surface area contributed by atoms with Gasteiger partial charge in [0, 0.05) is 10.4 Å². The predicted molar refractivity (Wildman–Crippen MR) is 155 cm³/mol. The number of ether oxygens (including phenoxy) is 3. The Morgan fingerprint density at radius 3 is 2.39 bits per heavy atom. The molecule has 2 N–H and O–H groups in total. The van der Waals surface area contributed by atoms with E-state index in [2.05, 4.69) is 15.8 Å². The molecule has 2 aromatic carbocycles. The molecule has 10 nitrogen and oxygen atoms in total. The Kier molecular flexibility index (Phi) is 9.86. The number of carbonyl (C=O) groups excluding carboxylic acids is 4. The molecule has 1 aliphatic rings. The average Bonchev–Trinajstić information content (AvgIpc) is 3.15. The van der Waals surface area contributed by atoms with Crippen molar-refractivity contribution in [2.45, 2.75) is 46.0 Å². The van der Waals surface area contributed by atoms with Crippen LogP contribution in [0.5, 0.6) is 11.5 Å². The molecule has 0 bridgehead atoms. The largest absolute Gasteiger partial charge is 0.497 e. The number of nitrogens with zero attached hydrogens (tertiary/aromatic N) is 1. The Morgan fingerprint density at radius 1 is 0.927 bits per heavy atom. The first kappa shape index (κ1) is 29.5. The highest BCUT2D eigenvalue weighted by atomic mass is 32.1. The van der Waals surface area contributed by atoms with Crippen molar-refractivity contribution in [1.29, 1.82) is 0 Å². The van der Waals surface area contributed by atoms with Crippen LogP contribution in [0.3, 0.4) is 0 Å². The van der Waals surface area contributed by atoms with Gasteiger partial charge in [0.1, 0.15) is 16.5 Å². The molecule has 0 spiro atoms. The molecule has 0 aliphatic heterocycles. The number of thiophene rings is 1. The minimum atomic E-state index is -1.02. The molecule has 3 aromatic rings. The molecule has 1 aliphatic carbocycles. The first-order valence-corrected chi connectivity index (χ1v) is 14.1. The fraction of sp³-hybridized carbons (Fsp3) is 0.300. The monoisotopic (exact) mass is 577 g/mol. The first-order chi connectivity index (χ1) is 19.8. The van der Waals surface area contributed by atoms with E-state index in [9.17, 15) is 19.2 Å². The number of methoxy groups -OCH3 is 1. The molecule has 0 saturated heterocycles. The van der Waals surface area contributed by atoms with E-state index in [0.717, 1.165) is 36.1 Å². The fourth-order valence-corrected chi connectivity index (χ4v) is 5.67. The van der Waals surface area contributed by atoms with Gasteiger partial charge in [-0.3, -0.25) is 9.59 Å². The standard InChI is InChI=1S/C30H31N3O7S/c1-4-39-30(37)25-22-11-6-5-7-13-24(22)41-28(25)31-26(34)27(35)33-32-18(2)21-10-8-9-12-23(21)40-29(36)19-14-16-20(38-3)17-15-19/h8-10,12,14-17H,4-7,11,13H2,1-3H3,(H,31,34)(H,33,35). The fourth-order valence-electron chi connectivity index (χ4n) is 4.40. The normalized spacial score (nSPS) is 12.9. The molecule has 214 valence electrons. The lowest BCUT2D eigenvalue weighted by Gasteiger charge is -2.10. The quantitative estimate of drug-likeness (QED) is 0.0972. The van der Waals surface area contributed by atoms with Gasteiger partial charge in [-0.1, -0.05) is 18.6 Å². The van der Waals surface area contributed by atoms with Crippen LogP contribution in [-0.4, -0.2) is 43.2 Å². The number of hydrogen-bond acceptors (Lipinski definition) is 9. The Hall–Kier alpha value is -4.51. The number of hydrogen-bond donors (Lipinski definition) is 2. The topological polar surface area (TPSA) is 132 Å². The number of nitrogens with one attached hydrogen (secondary N) is 2. The van der Waals surface area contributed by atoms with E-state index in [-0.39, 0.29) is 12.4 Å². The van der Waals surface area contributed by atoms with Gasteiger partial charge >= 0.3 is 23.8 Å². The smallest absolute Gasteiger partial charge is 0.343 e. The molecule has 4 rings (SSSR count). The summed E-state index contributed by atoms with van der Waals surface area (Å²) in [5.41, 5.74) is 4.53. The van der Waals surface area contributed by atoms with Crippen LogP contribution in [0.15, 0.2) is 53.6 Å². The number of anilines is 1. The van der Waals surface area contributed by atoms with Gasteiger partial charge in [0.15, 0.2) is 0 Å². The van der Waals surface area contributed by atoms with Crippen LogP contribution in [-0.2, 0) is 27.2 Å². The van der Waals surface area contributed by atoms with Crippen molar-refractivity contribution < 1.29 is 33.4 Å². The zero-order chi connectivity index (χ0) is 29.4. The minimum Gasteiger partial charge on any atom is -0.497 e. The third-order valence-electron chi connectivity index (χ3n) is 6.46. The van der Waals surface area contributed by atoms with Gasteiger partial charge in [0.25, 0.3) is 0 Å². The number of aryl methyl sites for hydroxylation is 1. The number of para-hydroxylation sites is 1. The van der Waals surface area contributed by atoms with Gasteiger partial charge in [0.05, 0.1) is 30.6 Å². The van der Waals surface area contributed by atoms with Crippen LogP contribution in [0, 0.1) is 0 Å². The Bertz CT molecular complexity index is 1480. The van der Waals surface area contributed by atoms with Crippen LogP contribution in [0.4, 0.5) is 5.00 Å². The SMILES string of the molecule is CCOC(=O)c1c(NC(=O)C(=O)NN=C(C)c2ccccc2OC(=O)c2ccc(OC)cc2)sc2c1CCCCC2. The highest BCUT2D eigenvalue weighted by Crippen LogP contribution is 2.38. The summed E-state index contributed by atoms with van der Waals surface area (Å²) in [6.45, 7) is 3.52. The van der Waals surface area contributed by atoms with Gasteiger partial charge in [-0.2, -0.15) is 5.10 Å². The molecule has 0 saturated carbocycles. The maximum Gasteiger partial charge on any atom is 0.343 e. The van der Waals surface area contributed by atoms with Gasteiger partial charge in [-0.25, -0.2) is 15.0 Å². The summed E-state index contributed by atoms with van der Waals surface area (Å²) in [4.78, 5) is 51.8. The number of carbonyl (C=O) groups is 4. The second-order valence-corrected chi connectivity index (χ2v) is 10.3. The van der Waals surface area contributed by atoms with E-state index in [1.165, 1.54) is 18.4 Å². The lowest BCUT2D eigenvalue weighted by molar-refractivity contribution is -0.136. The summed E-state index contributed by atoms with van der Waals surface area (Å²) in [7, 11) is 1.53. The molecule has 11 heteroatoms. The summed E-state index contributed by atoms with van der Waals surface area (Å²) in [6, 6.07) is 13.2. The highest BCUT2D eigenvalue weighted by molar-refractivity contribution is 7.17. The van der Waals surface area contributed by atoms with E-state index >= 15 is 0 Å². The predicted octanol–water partition coefficient (Wildman–Crippen LogP) is 4.90. The molecule has 0 fully saturated rings. The second-order valence-electron chi connectivity index (χ2n) is 9.20. The van der Waals surface area contributed by atoms with Crippen LogP contribution in [0.1, 0.15) is 69.8 Å². The van der Waals surface area contributed by atoms with E-state index < -0.39 is 23.8 Å². The van der Waals surface area contributed by atoms with Crippen molar-refractivity contribution in [1.82, 2.24) is 5.43 Å². The zero-order valence-electron chi connectivity index (χ0n) is 23.1. The summed E-state index contributed by atoms with van der Waals surface area (Å²) in [6.07, 6.45) is 4.52. The third-order valence-corrected chi connectivity index (χ3v) is 7.67. The van der Waals surface area contributed by atoms with Gasteiger partial charge in [-0.05, 0) is 81.5 Å². The number of rotatable bonds is 8. The van der Waals surface area contributed by atoms with E-state index in [1.807, 2.05) is 0 Å². The molecule has 1 heterocycles. The third kappa shape index (κ3) is 7.17. The van der Waals surface area contributed by atoms with Crippen molar-refractivity contribution in [3.05, 3.63) is 75.7 Å². The van der Waals surface area contributed by atoms with Gasteiger partial charge in [-0.15, -0.1) is 11.3 Å².